The molecule has 0 spiro atoms. The van der Waals surface area contributed by atoms with Gasteiger partial charge in [0.2, 0.25) is 0 Å². The lowest BCUT2D eigenvalue weighted by molar-refractivity contribution is 0.306. The third-order valence-corrected chi connectivity index (χ3v) is 4.03. The summed E-state index contributed by atoms with van der Waals surface area (Å²) in [5, 5.41) is 0. The van der Waals surface area contributed by atoms with Gasteiger partial charge in [-0.15, -0.1) is 0 Å². The van der Waals surface area contributed by atoms with Gasteiger partial charge < -0.3 is 9.47 Å². The van der Waals surface area contributed by atoms with Gasteiger partial charge in [0.05, 0.1) is 12.7 Å². The number of ether oxygens (including phenoxy) is 2. The Kier molecular flexibility index (Phi) is 5.32. The summed E-state index contributed by atoms with van der Waals surface area (Å²) >= 11 is 0. The molecular formula is C22H18F2O2. The van der Waals surface area contributed by atoms with Crippen molar-refractivity contribution in [1.29, 1.82) is 0 Å². The Morgan fingerprint density at radius 3 is 2.31 bits per heavy atom. The summed E-state index contributed by atoms with van der Waals surface area (Å²) in [6, 6.07) is 17.7. The topological polar surface area (TPSA) is 18.5 Å². The van der Waals surface area contributed by atoms with E-state index in [1.165, 1.54) is 13.2 Å². The molecule has 0 amide bonds. The third kappa shape index (κ3) is 3.59. The quantitative estimate of drug-likeness (QED) is 0.553. The molecule has 0 radical (unpaired) electrons. The monoisotopic (exact) mass is 352 g/mol. The summed E-state index contributed by atoms with van der Waals surface area (Å²) in [6.45, 7) is 3.97. The van der Waals surface area contributed by atoms with Crippen LogP contribution in [0.1, 0.15) is 11.1 Å². The number of halogens is 2. The van der Waals surface area contributed by atoms with E-state index in [9.17, 15) is 8.78 Å². The fourth-order valence-corrected chi connectivity index (χ4v) is 2.70. The minimum absolute atomic E-state index is 0.00639. The number of methoxy groups -OCH3 is 1. The van der Waals surface area contributed by atoms with Crippen LogP contribution in [-0.4, -0.2) is 7.11 Å². The minimum atomic E-state index is -0.636. The summed E-state index contributed by atoms with van der Waals surface area (Å²) in [7, 11) is 1.30. The SMILES string of the molecule is C=Cc1c(F)c(-c2ccc(OCc3ccccc3)cc2)cc(F)c1OC. The zero-order valence-corrected chi connectivity index (χ0v) is 14.3. The van der Waals surface area contributed by atoms with Crippen molar-refractivity contribution in [1.82, 2.24) is 0 Å². The van der Waals surface area contributed by atoms with Crippen molar-refractivity contribution in [2.24, 2.45) is 0 Å². The average Bonchev–Trinajstić information content (AvgIpc) is 2.68. The van der Waals surface area contributed by atoms with Crippen molar-refractivity contribution >= 4 is 6.08 Å². The molecule has 0 aliphatic carbocycles. The molecular weight excluding hydrogens is 334 g/mol. The third-order valence-electron chi connectivity index (χ3n) is 4.03. The first-order valence-electron chi connectivity index (χ1n) is 8.09. The van der Waals surface area contributed by atoms with E-state index in [1.54, 1.807) is 24.3 Å². The van der Waals surface area contributed by atoms with Crippen LogP contribution in [0.3, 0.4) is 0 Å². The fraction of sp³-hybridized carbons (Fsp3) is 0.0909. The number of rotatable bonds is 6. The molecule has 3 aromatic carbocycles. The predicted molar refractivity (Wildman–Crippen MR) is 99.2 cm³/mol. The van der Waals surface area contributed by atoms with Crippen LogP contribution in [-0.2, 0) is 6.61 Å². The van der Waals surface area contributed by atoms with Gasteiger partial charge >= 0.3 is 0 Å². The zero-order chi connectivity index (χ0) is 18.5. The van der Waals surface area contributed by atoms with E-state index in [1.807, 2.05) is 30.3 Å². The summed E-state index contributed by atoms with van der Waals surface area (Å²) < 4.78 is 39.5. The second-order valence-corrected chi connectivity index (χ2v) is 5.67. The highest BCUT2D eigenvalue weighted by Gasteiger charge is 2.18. The predicted octanol–water partition coefficient (Wildman–Crippen LogP) is 5.86. The van der Waals surface area contributed by atoms with Crippen LogP contribution >= 0.6 is 0 Å². The van der Waals surface area contributed by atoms with Crippen LogP contribution in [0.25, 0.3) is 17.2 Å². The summed E-state index contributed by atoms with van der Waals surface area (Å²) in [5.41, 5.74) is 1.74. The van der Waals surface area contributed by atoms with Crippen LogP contribution in [0.4, 0.5) is 8.78 Å². The number of hydrogen-bond donors (Lipinski definition) is 0. The second kappa shape index (κ2) is 7.83. The first-order chi connectivity index (χ1) is 12.6. The van der Waals surface area contributed by atoms with E-state index in [0.717, 1.165) is 11.6 Å². The molecule has 0 N–H and O–H groups in total. The molecule has 0 fully saturated rings. The van der Waals surface area contributed by atoms with Crippen molar-refractivity contribution in [3.05, 3.63) is 90.0 Å². The molecule has 0 saturated heterocycles. The van der Waals surface area contributed by atoms with E-state index in [4.69, 9.17) is 9.47 Å². The minimum Gasteiger partial charge on any atom is -0.493 e. The molecule has 0 aromatic heterocycles. The van der Waals surface area contributed by atoms with Crippen molar-refractivity contribution in [2.75, 3.05) is 7.11 Å². The molecule has 0 aliphatic heterocycles. The molecule has 26 heavy (non-hydrogen) atoms. The van der Waals surface area contributed by atoms with Gasteiger partial charge in [0.15, 0.2) is 11.6 Å². The standard InChI is InChI=1S/C22H18F2O2/c1-3-18-21(24)19(13-20(23)22(18)25-2)16-9-11-17(12-10-16)26-14-15-7-5-4-6-8-15/h3-13H,1,14H2,2H3. The van der Waals surface area contributed by atoms with Gasteiger partial charge in [-0.25, -0.2) is 8.78 Å². The highest BCUT2D eigenvalue weighted by atomic mass is 19.1. The van der Waals surface area contributed by atoms with Crippen LogP contribution in [0.5, 0.6) is 11.5 Å². The van der Waals surface area contributed by atoms with E-state index in [0.29, 0.717) is 17.9 Å². The molecule has 0 bridgehead atoms. The summed E-state index contributed by atoms with van der Waals surface area (Å²) in [4.78, 5) is 0. The lowest BCUT2D eigenvalue weighted by atomic mass is 10.0. The Balaban J connectivity index is 1.85. The largest absolute Gasteiger partial charge is 0.493 e. The molecule has 3 aromatic rings. The van der Waals surface area contributed by atoms with Crippen LogP contribution in [0.2, 0.25) is 0 Å². The van der Waals surface area contributed by atoms with E-state index < -0.39 is 11.6 Å². The maximum Gasteiger partial charge on any atom is 0.166 e. The van der Waals surface area contributed by atoms with Gasteiger partial charge in [-0.05, 0) is 29.3 Å². The zero-order valence-electron chi connectivity index (χ0n) is 14.3. The first-order valence-corrected chi connectivity index (χ1v) is 8.09. The smallest absolute Gasteiger partial charge is 0.166 e. The average molecular weight is 352 g/mol. The molecule has 0 saturated carbocycles. The van der Waals surface area contributed by atoms with E-state index >= 15 is 0 Å². The normalized spacial score (nSPS) is 10.4. The Morgan fingerprint density at radius 1 is 1.00 bits per heavy atom. The maximum absolute atomic E-state index is 14.7. The van der Waals surface area contributed by atoms with Crippen LogP contribution in [0.15, 0.2) is 67.2 Å². The van der Waals surface area contributed by atoms with Gasteiger partial charge in [0.1, 0.15) is 18.2 Å². The van der Waals surface area contributed by atoms with Crippen molar-refractivity contribution < 1.29 is 18.3 Å². The van der Waals surface area contributed by atoms with Gasteiger partial charge in [0.25, 0.3) is 0 Å². The highest BCUT2D eigenvalue weighted by molar-refractivity contribution is 5.72. The first kappa shape index (κ1) is 17.7. The number of hydrogen-bond acceptors (Lipinski definition) is 2. The fourth-order valence-electron chi connectivity index (χ4n) is 2.70. The van der Waals surface area contributed by atoms with E-state index in [-0.39, 0.29) is 16.9 Å². The Hall–Kier alpha value is -3.14. The van der Waals surface area contributed by atoms with Crippen LogP contribution < -0.4 is 9.47 Å². The Labute approximate surface area is 151 Å². The van der Waals surface area contributed by atoms with Crippen molar-refractivity contribution in [3.63, 3.8) is 0 Å². The van der Waals surface area contributed by atoms with Gasteiger partial charge in [-0.1, -0.05) is 55.1 Å². The Bertz CT molecular complexity index is 904. The van der Waals surface area contributed by atoms with Crippen molar-refractivity contribution in [3.8, 4) is 22.6 Å². The summed E-state index contributed by atoms with van der Waals surface area (Å²) in [5.74, 6) is -0.709. The molecule has 0 atom stereocenters. The number of benzene rings is 3. The molecule has 4 heteroatoms. The van der Waals surface area contributed by atoms with Gasteiger partial charge in [0, 0.05) is 5.56 Å². The summed E-state index contributed by atoms with van der Waals surface area (Å²) in [6.07, 6.45) is 1.25. The molecule has 0 heterocycles. The van der Waals surface area contributed by atoms with Gasteiger partial charge in [-0.3, -0.25) is 0 Å². The Morgan fingerprint density at radius 2 is 1.69 bits per heavy atom. The second-order valence-electron chi connectivity index (χ2n) is 5.67. The van der Waals surface area contributed by atoms with E-state index in [2.05, 4.69) is 6.58 Å². The van der Waals surface area contributed by atoms with Gasteiger partial charge in [-0.2, -0.15) is 0 Å². The molecule has 2 nitrogen and oxygen atoms in total. The maximum atomic E-state index is 14.7. The highest BCUT2D eigenvalue weighted by Crippen LogP contribution is 2.34. The molecule has 3 rings (SSSR count). The lowest BCUT2D eigenvalue weighted by Crippen LogP contribution is -1.98. The molecule has 132 valence electrons. The lowest BCUT2D eigenvalue weighted by Gasteiger charge is -2.12. The van der Waals surface area contributed by atoms with Crippen LogP contribution in [0, 0.1) is 11.6 Å². The van der Waals surface area contributed by atoms with Crippen molar-refractivity contribution in [2.45, 2.75) is 6.61 Å². The molecule has 0 aliphatic rings. The molecule has 0 unspecified atom stereocenters.